The maximum atomic E-state index is 12.6. The summed E-state index contributed by atoms with van der Waals surface area (Å²) in [7, 11) is 0. The molecule has 0 saturated carbocycles. The highest BCUT2D eigenvalue weighted by Crippen LogP contribution is 2.29. The van der Waals surface area contributed by atoms with Crippen LogP contribution in [0.1, 0.15) is 23.2 Å². The van der Waals surface area contributed by atoms with Gasteiger partial charge in [-0.1, -0.05) is 41.9 Å². The first kappa shape index (κ1) is 20.3. The van der Waals surface area contributed by atoms with E-state index in [2.05, 4.69) is 15.3 Å². The van der Waals surface area contributed by atoms with Crippen LogP contribution in [0.5, 0.6) is 0 Å². The first-order valence-electron chi connectivity index (χ1n) is 9.47. The Morgan fingerprint density at radius 3 is 2.60 bits per heavy atom. The third-order valence-electron chi connectivity index (χ3n) is 5.02. The minimum Gasteiger partial charge on any atom is -0.481 e. The highest BCUT2D eigenvalue weighted by atomic mass is 35.5. The molecular formula is C21H19ClN4O3S. The van der Waals surface area contributed by atoms with Crippen LogP contribution in [0, 0.1) is 5.92 Å². The molecule has 0 spiro atoms. The summed E-state index contributed by atoms with van der Waals surface area (Å²) >= 11 is 7.73. The third-order valence-corrected chi connectivity index (χ3v) is 6.06. The lowest BCUT2D eigenvalue weighted by atomic mass is 9.97. The second-order valence-corrected chi connectivity index (χ2v) is 8.25. The predicted molar refractivity (Wildman–Crippen MR) is 117 cm³/mol. The van der Waals surface area contributed by atoms with E-state index in [-0.39, 0.29) is 11.8 Å². The molecule has 0 aliphatic carbocycles. The van der Waals surface area contributed by atoms with Crippen molar-refractivity contribution in [1.29, 1.82) is 0 Å². The standard InChI is InChI=1S/C21H19ClN4O3S/c22-16-10-15(11-23-18(16)26-8-6-14(7-9-26)20(28)29)19(27)25-21-24-17(12-30-21)13-4-2-1-3-5-13/h1-5,10-12,14H,6-9H2,(H,28,29)(H,24,25,27). The molecule has 2 N–H and O–H groups in total. The molecule has 2 aromatic heterocycles. The van der Waals surface area contributed by atoms with Gasteiger partial charge in [0.1, 0.15) is 5.82 Å². The van der Waals surface area contributed by atoms with Gasteiger partial charge in [-0.05, 0) is 18.9 Å². The quantitative estimate of drug-likeness (QED) is 0.607. The van der Waals surface area contributed by atoms with E-state index in [1.165, 1.54) is 17.5 Å². The molecule has 7 nitrogen and oxygen atoms in total. The summed E-state index contributed by atoms with van der Waals surface area (Å²) in [5, 5.41) is 14.7. The number of hydrogen-bond acceptors (Lipinski definition) is 6. The largest absolute Gasteiger partial charge is 0.481 e. The van der Waals surface area contributed by atoms with Crippen molar-refractivity contribution in [1.82, 2.24) is 9.97 Å². The Morgan fingerprint density at radius 1 is 1.20 bits per heavy atom. The average Bonchev–Trinajstić information content (AvgIpc) is 3.23. The molecule has 1 amide bonds. The number of carboxylic acids is 1. The minimum absolute atomic E-state index is 0.329. The van der Waals surface area contributed by atoms with Crippen molar-refractivity contribution in [3.8, 4) is 11.3 Å². The van der Waals surface area contributed by atoms with E-state index in [4.69, 9.17) is 16.7 Å². The highest BCUT2D eigenvalue weighted by Gasteiger charge is 2.26. The van der Waals surface area contributed by atoms with Crippen LogP contribution in [0.25, 0.3) is 11.3 Å². The van der Waals surface area contributed by atoms with E-state index in [0.29, 0.717) is 47.5 Å². The number of aromatic nitrogens is 2. The molecule has 30 heavy (non-hydrogen) atoms. The van der Waals surface area contributed by atoms with Crippen LogP contribution in [0.4, 0.5) is 10.9 Å². The molecule has 1 aromatic carbocycles. The smallest absolute Gasteiger partial charge is 0.306 e. The van der Waals surface area contributed by atoms with Gasteiger partial charge in [-0.3, -0.25) is 14.9 Å². The molecule has 3 heterocycles. The number of benzene rings is 1. The summed E-state index contributed by atoms with van der Waals surface area (Å²) in [5.74, 6) is -0.866. The van der Waals surface area contributed by atoms with Crippen molar-refractivity contribution in [2.75, 3.05) is 23.3 Å². The van der Waals surface area contributed by atoms with Crippen molar-refractivity contribution >= 4 is 45.8 Å². The number of nitrogens with one attached hydrogen (secondary N) is 1. The Hall–Kier alpha value is -2.97. The zero-order valence-corrected chi connectivity index (χ0v) is 17.5. The van der Waals surface area contributed by atoms with Crippen LogP contribution in [-0.4, -0.2) is 40.0 Å². The fourth-order valence-electron chi connectivity index (χ4n) is 3.37. The summed E-state index contributed by atoms with van der Waals surface area (Å²) < 4.78 is 0. The first-order chi connectivity index (χ1) is 14.5. The third kappa shape index (κ3) is 4.44. The predicted octanol–water partition coefficient (Wildman–Crippen LogP) is 4.41. The van der Waals surface area contributed by atoms with E-state index >= 15 is 0 Å². The van der Waals surface area contributed by atoms with Gasteiger partial charge in [0.25, 0.3) is 5.91 Å². The summed E-state index contributed by atoms with van der Waals surface area (Å²) in [6.07, 6.45) is 2.57. The first-order valence-corrected chi connectivity index (χ1v) is 10.7. The molecule has 154 valence electrons. The molecular weight excluding hydrogens is 424 g/mol. The second-order valence-electron chi connectivity index (χ2n) is 6.99. The molecule has 0 radical (unpaired) electrons. The normalized spacial score (nSPS) is 14.5. The number of hydrogen-bond donors (Lipinski definition) is 2. The van der Waals surface area contributed by atoms with Gasteiger partial charge in [0.05, 0.1) is 22.2 Å². The fraction of sp³-hybridized carbons (Fsp3) is 0.238. The van der Waals surface area contributed by atoms with Crippen LogP contribution in [-0.2, 0) is 4.79 Å². The van der Waals surface area contributed by atoms with Crippen molar-refractivity contribution < 1.29 is 14.7 Å². The van der Waals surface area contributed by atoms with Gasteiger partial charge in [-0.25, -0.2) is 9.97 Å². The zero-order valence-electron chi connectivity index (χ0n) is 15.9. The lowest BCUT2D eigenvalue weighted by Crippen LogP contribution is -2.37. The zero-order chi connectivity index (χ0) is 21.1. The van der Waals surface area contributed by atoms with Gasteiger partial charge >= 0.3 is 5.97 Å². The van der Waals surface area contributed by atoms with Crippen molar-refractivity contribution in [2.24, 2.45) is 5.92 Å². The molecule has 0 unspecified atom stereocenters. The van der Waals surface area contributed by atoms with E-state index in [1.807, 2.05) is 40.6 Å². The summed E-state index contributed by atoms with van der Waals surface area (Å²) in [5.41, 5.74) is 2.11. The Balaban J connectivity index is 1.42. The van der Waals surface area contributed by atoms with Crippen LogP contribution < -0.4 is 10.2 Å². The minimum atomic E-state index is -0.765. The molecule has 0 bridgehead atoms. The maximum absolute atomic E-state index is 12.6. The van der Waals surface area contributed by atoms with Crippen LogP contribution >= 0.6 is 22.9 Å². The molecule has 1 saturated heterocycles. The van der Waals surface area contributed by atoms with E-state index in [1.54, 1.807) is 6.07 Å². The number of carboxylic acid groups (broad SMARTS) is 1. The summed E-state index contributed by atoms with van der Waals surface area (Å²) in [6.45, 7) is 1.13. The average molecular weight is 443 g/mol. The van der Waals surface area contributed by atoms with Crippen molar-refractivity contribution in [3.63, 3.8) is 0 Å². The molecule has 3 aromatic rings. The van der Waals surface area contributed by atoms with Crippen LogP contribution in [0.2, 0.25) is 5.02 Å². The summed E-state index contributed by atoms with van der Waals surface area (Å²) in [4.78, 5) is 34.5. The number of anilines is 2. The number of rotatable bonds is 5. The number of halogens is 1. The maximum Gasteiger partial charge on any atom is 0.306 e. The van der Waals surface area contributed by atoms with Gasteiger partial charge in [-0.2, -0.15) is 0 Å². The summed E-state index contributed by atoms with van der Waals surface area (Å²) in [6, 6.07) is 11.3. The van der Waals surface area contributed by atoms with Crippen molar-refractivity contribution in [3.05, 3.63) is 58.6 Å². The van der Waals surface area contributed by atoms with Crippen LogP contribution in [0.15, 0.2) is 48.0 Å². The Labute approximate surface area is 182 Å². The molecule has 1 aliphatic heterocycles. The number of piperidine rings is 1. The lowest BCUT2D eigenvalue weighted by Gasteiger charge is -2.31. The fourth-order valence-corrected chi connectivity index (χ4v) is 4.37. The van der Waals surface area contributed by atoms with E-state index in [9.17, 15) is 9.59 Å². The monoisotopic (exact) mass is 442 g/mol. The van der Waals surface area contributed by atoms with E-state index in [0.717, 1.165) is 11.3 Å². The number of carbonyl (C=O) groups is 2. The number of thiazole rings is 1. The van der Waals surface area contributed by atoms with Gasteiger partial charge in [-0.15, -0.1) is 11.3 Å². The Bertz CT molecular complexity index is 1070. The van der Waals surface area contributed by atoms with Crippen molar-refractivity contribution in [2.45, 2.75) is 12.8 Å². The van der Waals surface area contributed by atoms with Gasteiger partial charge in [0.15, 0.2) is 5.13 Å². The van der Waals surface area contributed by atoms with Gasteiger partial charge < -0.3 is 10.0 Å². The van der Waals surface area contributed by atoms with Gasteiger partial charge in [0, 0.05) is 30.2 Å². The van der Waals surface area contributed by atoms with Crippen LogP contribution in [0.3, 0.4) is 0 Å². The topological polar surface area (TPSA) is 95.4 Å². The van der Waals surface area contributed by atoms with Gasteiger partial charge in [0.2, 0.25) is 0 Å². The highest BCUT2D eigenvalue weighted by molar-refractivity contribution is 7.14. The number of amides is 1. The number of pyridine rings is 1. The molecule has 0 atom stereocenters. The Kier molecular flexibility index (Phi) is 5.96. The van der Waals surface area contributed by atoms with E-state index < -0.39 is 5.97 Å². The molecule has 1 fully saturated rings. The molecule has 9 heteroatoms. The molecule has 1 aliphatic rings. The molecule has 4 rings (SSSR count). The number of aliphatic carboxylic acids is 1. The second kappa shape index (κ2) is 8.81. The number of nitrogens with zero attached hydrogens (tertiary/aromatic N) is 3. The lowest BCUT2D eigenvalue weighted by molar-refractivity contribution is -0.142. The number of carbonyl (C=O) groups excluding carboxylic acids is 1. The SMILES string of the molecule is O=C(Nc1nc(-c2ccccc2)cs1)c1cnc(N2CCC(C(=O)O)CC2)c(Cl)c1. The Morgan fingerprint density at radius 2 is 1.93 bits per heavy atom.